The van der Waals surface area contributed by atoms with Crippen LogP contribution < -0.4 is 4.90 Å². The van der Waals surface area contributed by atoms with Crippen LogP contribution in [0.25, 0.3) is 0 Å². The Bertz CT molecular complexity index is 1400. The van der Waals surface area contributed by atoms with Gasteiger partial charge < -0.3 is 18.8 Å². The number of halogens is 1. The molecule has 37 heavy (non-hydrogen) atoms. The standard InChI is InChI=1S/C30H31ClN4O2/c1-22-7-2-5-10-26(22)33-15-18-34(19-16-33)30(36)28-13-12-23(37-28)21-35-20-17-32-14-6-11-27(32)29(35)24-8-3-4-9-25(24)31/h2-14,29H,15-21H2,1H3. The van der Waals surface area contributed by atoms with E-state index >= 15 is 0 Å². The summed E-state index contributed by atoms with van der Waals surface area (Å²) in [5.74, 6) is 1.17. The van der Waals surface area contributed by atoms with Crippen molar-refractivity contribution < 1.29 is 9.21 Å². The lowest BCUT2D eigenvalue weighted by Crippen LogP contribution is -2.48. The predicted molar refractivity (Wildman–Crippen MR) is 146 cm³/mol. The molecule has 1 amide bonds. The number of rotatable bonds is 5. The summed E-state index contributed by atoms with van der Waals surface area (Å²) in [6.45, 7) is 7.50. The SMILES string of the molecule is Cc1ccccc1N1CCN(C(=O)c2ccc(CN3CCn4cccc4C3c3ccccc3Cl)o2)CC1. The van der Waals surface area contributed by atoms with Gasteiger partial charge in [0, 0.05) is 61.9 Å². The first kappa shape index (κ1) is 23.9. The van der Waals surface area contributed by atoms with Crippen LogP contribution in [0, 0.1) is 6.92 Å². The highest BCUT2D eigenvalue weighted by Crippen LogP contribution is 2.37. The van der Waals surface area contributed by atoms with Gasteiger partial charge in [-0.2, -0.15) is 0 Å². The minimum absolute atomic E-state index is 0.0243. The predicted octanol–water partition coefficient (Wildman–Crippen LogP) is 5.61. The maximum Gasteiger partial charge on any atom is 0.289 e. The zero-order valence-corrected chi connectivity index (χ0v) is 21.8. The van der Waals surface area contributed by atoms with Crippen molar-refractivity contribution in [1.29, 1.82) is 0 Å². The van der Waals surface area contributed by atoms with Gasteiger partial charge in [0.15, 0.2) is 5.76 Å². The average molecular weight is 515 g/mol. The normalized spacial score (nSPS) is 18.2. The molecule has 0 bridgehead atoms. The Labute approximate surface area is 222 Å². The molecule has 1 unspecified atom stereocenters. The number of carbonyl (C=O) groups is 1. The quantitative estimate of drug-likeness (QED) is 0.347. The second-order valence-electron chi connectivity index (χ2n) is 9.85. The molecule has 0 aliphatic carbocycles. The van der Waals surface area contributed by atoms with Gasteiger partial charge in [-0.3, -0.25) is 9.69 Å². The third-order valence-corrected chi connectivity index (χ3v) is 7.94. The number of hydrogen-bond donors (Lipinski definition) is 0. The Balaban J connectivity index is 1.15. The molecule has 0 radical (unpaired) electrons. The van der Waals surface area contributed by atoms with E-state index in [2.05, 4.69) is 70.0 Å². The number of furan rings is 1. The molecule has 0 spiro atoms. The van der Waals surface area contributed by atoms with Crippen LogP contribution in [0.2, 0.25) is 5.02 Å². The number of piperazine rings is 1. The van der Waals surface area contributed by atoms with E-state index < -0.39 is 0 Å². The molecule has 1 saturated heterocycles. The minimum Gasteiger partial charge on any atom is -0.455 e. The number of aryl methyl sites for hydroxylation is 1. The second-order valence-corrected chi connectivity index (χ2v) is 10.3. The van der Waals surface area contributed by atoms with E-state index in [1.807, 2.05) is 35.2 Å². The molecule has 2 aromatic carbocycles. The van der Waals surface area contributed by atoms with E-state index in [4.69, 9.17) is 16.0 Å². The number of nitrogens with zero attached hydrogens (tertiary/aromatic N) is 4. The van der Waals surface area contributed by atoms with Crippen LogP contribution in [0.5, 0.6) is 0 Å². The molecule has 190 valence electrons. The average Bonchev–Trinajstić information content (AvgIpc) is 3.59. The van der Waals surface area contributed by atoms with Crippen molar-refractivity contribution in [3.63, 3.8) is 0 Å². The molecule has 4 heterocycles. The fourth-order valence-electron chi connectivity index (χ4n) is 5.66. The van der Waals surface area contributed by atoms with Gasteiger partial charge >= 0.3 is 0 Å². The molecule has 0 saturated carbocycles. The number of anilines is 1. The summed E-state index contributed by atoms with van der Waals surface area (Å²) in [6.07, 6.45) is 2.12. The molecule has 0 N–H and O–H groups in total. The van der Waals surface area contributed by atoms with Crippen LogP contribution in [0.1, 0.15) is 39.2 Å². The first-order valence-corrected chi connectivity index (χ1v) is 13.3. The van der Waals surface area contributed by atoms with Gasteiger partial charge in [0.1, 0.15) is 5.76 Å². The highest BCUT2D eigenvalue weighted by molar-refractivity contribution is 6.31. The van der Waals surface area contributed by atoms with Crippen LogP contribution in [0.3, 0.4) is 0 Å². The van der Waals surface area contributed by atoms with E-state index in [1.165, 1.54) is 16.9 Å². The Kier molecular flexibility index (Phi) is 6.53. The number of fused-ring (bicyclic) bond motifs is 1. The molecular weight excluding hydrogens is 484 g/mol. The third kappa shape index (κ3) is 4.67. The zero-order chi connectivity index (χ0) is 25.4. The maximum absolute atomic E-state index is 13.3. The monoisotopic (exact) mass is 514 g/mol. The summed E-state index contributed by atoms with van der Waals surface area (Å²) in [5, 5.41) is 0.757. The highest BCUT2D eigenvalue weighted by Gasteiger charge is 2.31. The first-order chi connectivity index (χ1) is 18.1. The lowest BCUT2D eigenvalue weighted by Gasteiger charge is -2.37. The topological polar surface area (TPSA) is 44.9 Å². The number of benzene rings is 2. The largest absolute Gasteiger partial charge is 0.455 e. The summed E-state index contributed by atoms with van der Waals surface area (Å²) >= 11 is 6.64. The second kappa shape index (κ2) is 10.1. The van der Waals surface area contributed by atoms with Crippen molar-refractivity contribution in [2.24, 2.45) is 0 Å². The zero-order valence-electron chi connectivity index (χ0n) is 21.0. The number of carbonyl (C=O) groups excluding carboxylic acids is 1. The Morgan fingerprint density at radius 3 is 2.49 bits per heavy atom. The number of aromatic nitrogens is 1. The van der Waals surface area contributed by atoms with Crippen molar-refractivity contribution in [1.82, 2.24) is 14.4 Å². The summed E-state index contributed by atoms with van der Waals surface area (Å²) in [4.78, 5) is 19.9. The minimum atomic E-state index is -0.0362. The Hall–Kier alpha value is -3.48. The summed E-state index contributed by atoms with van der Waals surface area (Å²) in [7, 11) is 0. The van der Waals surface area contributed by atoms with E-state index in [1.54, 1.807) is 0 Å². The van der Waals surface area contributed by atoms with Gasteiger partial charge in [-0.05, 0) is 54.4 Å². The Morgan fingerprint density at radius 2 is 1.68 bits per heavy atom. The summed E-state index contributed by atoms with van der Waals surface area (Å²) < 4.78 is 8.42. The third-order valence-electron chi connectivity index (χ3n) is 7.59. The fourth-order valence-corrected chi connectivity index (χ4v) is 5.90. The Morgan fingerprint density at radius 1 is 0.892 bits per heavy atom. The van der Waals surface area contributed by atoms with Gasteiger partial charge in [-0.15, -0.1) is 0 Å². The fraction of sp³-hybridized carbons (Fsp3) is 0.300. The van der Waals surface area contributed by atoms with Crippen LogP contribution >= 0.6 is 11.6 Å². The molecule has 2 aliphatic rings. The van der Waals surface area contributed by atoms with Gasteiger partial charge in [-0.25, -0.2) is 0 Å². The summed E-state index contributed by atoms with van der Waals surface area (Å²) in [5.41, 5.74) is 4.81. The van der Waals surface area contributed by atoms with Gasteiger partial charge in [0.05, 0.1) is 12.6 Å². The molecule has 2 aromatic heterocycles. The van der Waals surface area contributed by atoms with Crippen molar-refractivity contribution in [2.75, 3.05) is 37.6 Å². The molecule has 1 atom stereocenters. The van der Waals surface area contributed by atoms with Gasteiger partial charge in [0.2, 0.25) is 0 Å². The molecule has 6 nitrogen and oxygen atoms in total. The molecule has 4 aromatic rings. The molecule has 1 fully saturated rings. The first-order valence-electron chi connectivity index (χ1n) is 12.9. The lowest BCUT2D eigenvalue weighted by atomic mass is 9.99. The van der Waals surface area contributed by atoms with Crippen LogP contribution in [0.4, 0.5) is 5.69 Å². The van der Waals surface area contributed by atoms with E-state index in [-0.39, 0.29) is 11.9 Å². The van der Waals surface area contributed by atoms with Crippen LogP contribution in [0.15, 0.2) is 83.4 Å². The smallest absolute Gasteiger partial charge is 0.289 e. The van der Waals surface area contributed by atoms with E-state index in [0.29, 0.717) is 25.4 Å². The van der Waals surface area contributed by atoms with Crippen LogP contribution in [-0.2, 0) is 13.1 Å². The number of hydrogen-bond acceptors (Lipinski definition) is 4. The van der Waals surface area contributed by atoms with Crippen molar-refractivity contribution >= 4 is 23.2 Å². The van der Waals surface area contributed by atoms with Gasteiger partial charge in [-0.1, -0.05) is 48.0 Å². The maximum atomic E-state index is 13.3. The van der Waals surface area contributed by atoms with E-state index in [9.17, 15) is 4.79 Å². The molecular formula is C30H31ClN4O2. The van der Waals surface area contributed by atoms with Crippen molar-refractivity contribution in [2.45, 2.75) is 26.1 Å². The van der Waals surface area contributed by atoms with Crippen molar-refractivity contribution in [3.05, 3.63) is 112 Å². The highest BCUT2D eigenvalue weighted by atomic mass is 35.5. The summed E-state index contributed by atoms with van der Waals surface area (Å²) in [6, 6.07) is 24.5. The van der Waals surface area contributed by atoms with Crippen molar-refractivity contribution in [3.8, 4) is 0 Å². The molecule has 2 aliphatic heterocycles. The van der Waals surface area contributed by atoms with E-state index in [0.717, 1.165) is 42.5 Å². The van der Waals surface area contributed by atoms with Gasteiger partial charge in [0.25, 0.3) is 5.91 Å². The lowest BCUT2D eigenvalue weighted by molar-refractivity contribution is 0.0709. The molecule has 7 heteroatoms. The van der Waals surface area contributed by atoms with Crippen LogP contribution in [-0.4, -0.2) is 53.0 Å². The molecule has 6 rings (SSSR count). The number of amides is 1. The number of para-hydroxylation sites is 1.